The molecule has 1 aromatic heterocycles. The van der Waals surface area contributed by atoms with Gasteiger partial charge in [-0.25, -0.2) is 0 Å². The molecular formula is C8H10N2OS. The normalized spacial score (nSPS) is 17.6. The maximum Gasteiger partial charge on any atom is 0.254 e. The van der Waals surface area contributed by atoms with E-state index in [1.54, 1.807) is 16.2 Å². The van der Waals surface area contributed by atoms with Crippen LogP contribution < -0.4 is 5.73 Å². The fourth-order valence-corrected chi connectivity index (χ4v) is 1.88. The number of hydrogen-bond acceptors (Lipinski definition) is 3. The van der Waals surface area contributed by atoms with E-state index in [2.05, 4.69) is 0 Å². The van der Waals surface area contributed by atoms with Crippen LogP contribution in [0.2, 0.25) is 0 Å². The minimum atomic E-state index is 0.109. The highest BCUT2D eigenvalue weighted by molar-refractivity contribution is 7.08. The smallest absolute Gasteiger partial charge is 0.254 e. The Kier molecular flexibility index (Phi) is 1.86. The molecule has 0 spiro atoms. The van der Waals surface area contributed by atoms with Gasteiger partial charge in [-0.1, -0.05) is 0 Å². The maximum atomic E-state index is 11.5. The van der Waals surface area contributed by atoms with Gasteiger partial charge in [-0.05, 0) is 11.4 Å². The molecule has 1 fully saturated rings. The zero-order chi connectivity index (χ0) is 8.55. The number of likely N-dealkylation sites (tertiary alicyclic amines) is 1. The lowest BCUT2D eigenvalue weighted by Crippen LogP contribution is -2.57. The topological polar surface area (TPSA) is 46.3 Å². The third-order valence-corrected chi connectivity index (χ3v) is 2.65. The molecule has 12 heavy (non-hydrogen) atoms. The maximum absolute atomic E-state index is 11.5. The Morgan fingerprint density at radius 3 is 2.92 bits per heavy atom. The van der Waals surface area contributed by atoms with E-state index in [0.717, 1.165) is 5.56 Å². The van der Waals surface area contributed by atoms with Gasteiger partial charge in [0.05, 0.1) is 5.56 Å². The van der Waals surface area contributed by atoms with Gasteiger partial charge in [0, 0.05) is 24.5 Å². The van der Waals surface area contributed by atoms with Gasteiger partial charge in [0.1, 0.15) is 0 Å². The number of carbonyl (C=O) groups is 1. The largest absolute Gasteiger partial charge is 0.335 e. The van der Waals surface area contributed by atoms with Crippen molar-refractivity contribution in [2.75, 3.05) is 13.1 Å². The molecule has 64 valence electrons. The second kappa shape index (κ2) is 2.88. The van der Waals surface area contributed by atoms with E-state index in [9.17, 15) is 4.79 Å². The molecule has 0 atom stereocenters. The van der Waals surface area contributed by atoms with E-state index in [1.165, 1.54) is 0 Å². The van der Waals surface area contributed by atoms with Gasteiger partial charge in [-0.3, -0.25) is 4.79 Å². The minimum Gasteiger partial charge on any atom is -0.335 e. The van der Waals surface area contributed by atoms with E-state index in [1.807, 2.05) is 16.8 Å². The Balaban J connectivity index is 2.03. The quantitative estimate of drug-likeness (QED) is 0.688. The average Bonchev–Trinajstić information content (AvgIpc) is 2.49. The third kappa shape index (κ3) is 1.23. The van der Waals surface area contributed by atoms with Crippen molar-refractivity contribution in [3.63, 3.8) is 0 Å². The Morgan fingerprint density at radius 2 is 2.42 bits per heavy atom. The summed E-state index contributed by atoms with van der Waals surface area (Å²) >= 11 is 1.54. The minimum absolute atomic E-state index is 0.109. The van der Waals surface area contributed by atoms with E-state index in [0.29, 0.717) is 13.1 Å². The standard InChI is InChI=1S/C8H10N2OS/c9-7-3-10(4-7)8(11)6-1-2-12-5-6/h1-2,5,7H,3-4,9H2. The molecule has 3 nitrogen and oxygen atoms in total. The van der Waals surface area contributed by atoms with Gasteiger partial charge >= 0.3 is 0 Å². The summed E-state index contributed by atoms with van der Waals surface area (Å²) in [5.74, 6) is 0.109. The molecule has 1 aromatic rings. The summed E-state index contributed by atoms with van der Waals surface area (Å²) in [6, 6.07) is 2.03. The van der Waals surface area contributed by atoms with Crippen molar-refractivity contribution in [1.82, 2.24) is 4.90 Å². The number of nitrogens with two attached hydrogens (primary N) is 1. The summed E-state index contributed by atoms with van der Waals surface area (Å²) in [6.07, 6.45) is 0. The van der Waals surface area contributed by atoms with E-state index in [-0.39, 0.29) is 11.9 Å². The van der Waals surface area contributed by atoms with Crippen molar-refractivity contribution in [3.8, 4) is 0 Å². The van der Waals surface area contributed by atoms with Crippen molar-refractivity contribution in [1.29, 1.82) is 0 Å². The van der Waals surface area contributed by atoms with Crippen LogP contribution in [0.15, 0.2) is 16.8 Å². The highest BCUT2D eigenvalue weighted by Gasteiger charge is 2.28. The van der Waals surface area contributed by atoms with Crippen LogP contribution in [0, 0.1) is 0 Å². The summed E-state index contributed by atoms with van der Waals surface area (Å²) < 4.78 is 0. The number of thiophene rings is 1. The van der Waals surface area contributed by atoms with Gasteiger partial charge in [-0.15, -0.1) is 0 Å². The molecule has 1 amide bonds. The van der Waals surface area contributed by atoms with Gasteiger partial charge in [-0.2, -0.15) is 11.3 Å². The summed E-state index contributed by atoms with van der Waals surface area (Å²) in [7, 11) is 0. The van der Waals surface area contributed by atoms with Crippen LogP contribution in [0.4, 0.5) is 0 Å². The van der Waals surface area contributed by atoms with E-state index in [4.69, 9.17) is 5.73 Å². The van der Waals surface area contributed by atoms with Crippen LogP contribution in [0.5, 0.6) is 0 Å². The Labute approximate surface area is 74.8 Å². The van der Waals surface area contributed by atoms with Crippen LogP contribution in [0.3, 0.4) is 0 Å². The first kappa shape index (κ1) is 7.76. The van der Waals surface area contributed by atoms with Gasteiger partial charge in [0.2, 0.25) is 0 Å². The lowest BCUT2D eigenvalue weighted by molar-refractivity contribution is 0.0608. The second-order valence-electron chi connectivity index (χ2n) is 2.98. The van der Waals surface area contributed by atoms with Crippen LogP contribution in [-0.2, 0) is 0 Å². The number of rotatable bonds is 1. The van der Waals surface area contributed by atoms with Gasteiger partial charge in [0.15, 0.2) is 0 Å². The first-order valence-corrected chi connectivity index (χ1v) is 4.78. The average molecular weight is 182 g/mol. The zero-order valence-corrected chi connectivity index (χ0v) is 7.38. The first-order chi connectivity index (χ1) is 5.77. The van der Waals surface area contributed by atoms with Crippen LogP contribution in [0.25, 0.3) is 0 Å². The molecule has 0 saturated carbocycles. The lowest BCUT2D eigenvalue weighted by atomic mass is 10.1. The third-order valence-electron chi connectivity index (χ3n) is 1.97. The summed E-state index contributed by atoms with van der Waals surface area (Å²) in [4.78, 5) is 13.3. The molecule has 2 rings (SSSR count). The van der Waals surface area contributed by atoms with Gasteiger partial charge in [0.25, 0.3) is 5.91 Å². The molecular weight excluding hydrogens is 172 g/mol. The van der Waals surface area contributed by atoms with Crippen molar-refractivity contribution >= 4 is 17.2 Å². The van der Waals surface area contributed by atoms with Crippen LogP contribution in [0.1, 0.15) is 10.4 Å². The zero-order valence-electron chi connectivity index (χ0n) is 6.56. The fraction of sp³-hybridized carbons (Fsp3) is 0.375. The summed E-state index contributed by atoms with van der Waals surface area (Å²) in [5.41, 5.74) is 6.35. The van der Waals surface area contributed by atoms with Gasteiger partial charge < -0.3 is 10.6 Å². The monoisotopic (exact) mass is 182 g/mol. The molecule has 2 heterocycles. The molecule has 1 aliphatic rings. The van der Waals surface area contributed by atoms with Crippen molar-refractivity contribution in [2.45, 2.75) is 6.04 Å². The fourth-order valence-electron chi connectivity index (χ4n) is 1.25. The molecule has 1 aliphatic heterocycles. The molecule has 0 aliphatic carbocycles. The van der Waals surface area contributed by atoms with Crippen LogP contribution >= 0.6 is 11.3 Å². The van der Waals surface area contributed by atoms with E-state index < -0.39 is 0 Å². The molecule has 4 heteroatoms. The molecule has 2 N–H and O–H groups in total. The molecule has 1 saturated heterocycles. The number of carbonyl (C=O) groups excluding carboxylic acids is 1. The lowest BCUT2D eigenvalue weighted by Gasteiger charge is -2.36. The van der Waals surface area contributed by atoms with Crippen molar-refractivity contribution < 1.29 is 4.79 Å². The predicted molar refractivity (Wildman–Crippen MR) is 48.2 cm³/mol. The van der Waals surface area contributed by atoms with E-state index >= 15 is 0 Å². The molecule has 0 unspecified atom stereocenters. The number of hydrogen-bond donors (Lipinski definition) is 1. The van der Waals surface area contributed by atoms with Crippen LogP contribution in [-0.4, -0.2) is 29.9 Å². The Bertz CT molecular complexity index is 277. The molecule has 0 radical (unpaired) electrons. The summed E-state index contributed by atoms with van der Waals surface area (Å²) in [5, 5.41) is 3.78. The van der Waals surface area contributed by atoms with Crippen molar-refractivity contribution in [3.05, 3.63) is 22.4 Å². The highest BCUT2D eigenvalue weighted by atomic mass is 32.1. The Hall–Kier alpha value is -0.870. The predicted octanol–water partition coefficient (Wildman–Crippen LogP) is 0.531. The number of nitrogens with zero attached hydrogens (tertiary/aromatic N) is 1. The highest BCUT2D eigenvalue weighted by Crippen LogP contribution is 2.14. The second-order valence-corrected chi connectivity index (χ2v) is 3.76. The molecule has 0 bridgehead atoms. The summed E-state index contributed by atoms with van der Waals surface area (Å²) in [6.45, 7) is 1.41. The van der Waals surface area contributed by atoms with Crippen molar-refractivity contribution in [2.24, 2.45) is 5.73 Å². The number of amides is 1. The molecule has 0 aromatic carbocycles. The Morgan fingerprint density at radius 1 is 1.67 bits per heavy atom. The SMILES string of the molecule is NC1CN(C(=O)c2ccsc2)C1. The first-order valence-electron chi connectivity index (χ1n) is 3.84.